The lowest BCUT2D eigenvalue weighted by molar-refractivity contribution is 0.661. The number of benzene rings is 8. The molecule has 8 aromatic carbocycles. The lowest BCUT2D eigenvalue weighted by Crippen LogP contribution is -2.20. The van der Waals surface area contributed by atoms with Crippen molar-refractivity contribution >= 4 is 59.3 Å². The summed E-state index contributed by atoms with van der Waals surface area (Å²) in [6, 6.07) is 64.6. The summed E-state index contributed by atoms with van der Waals surface area (Å²) < 4.78 is 2.62. The predicted molar refractivity (Wildman–Crippen MR) is 220 cm³/mol. The van der Waals surface area contributed by atoms with E-state index in [1.54, 1.807) is 0 Å². The zero-order valence-corrected chi connectivity index (χ0v) is 29.4. The maximum atomic E-state index is 2.53. The number of rotatable bonds is 5. The van der Waals surface area contributed by atoms with Crippen LogP contribution in [0.2, 0.25) is 0 Å². The van der Waals surface area contributed by atoms with Gasteiger partial charge in [-0.2, -0.15) is 0 Å². The van der Waals surface area contributed by atoms with Gasteiger partial charge < -0.3 is 4.90 Å². The van der Waals surface area contributed by atoms with Crippen LogP contribution in [0.1, 0.15) is 25.0 Å². The Morgan fingerprint density at radius 2 is 1.06 bits per heavy atom. The molecule has 1 nitrogen and oxygen atoms in total. The van der Waals surface area contributed by atoms with Gasteiger partial charge in [0.2, 0.25) is 0 Å². The van der Waals surface area contributed by atoms with Crippen molar-refractivity contribution in [1.29, 1.82) is 0 Å². The number of hydrogen-bond acceptors (Lipinski definition) is 2. The van der Waals surface area contributed by atoms with Gasteiger partial charge in [-0.1, -0.05) is 159 Å². The van der Waals surface area contributed by atoms with Gasteiger partial charge in [0.1, 0.15) is 0 Å². The van der Waals surface area contributed by atoms with Crippen molar-refractivity contribution in [3.05, 3.63) is 187 Å². The van der Waals surface area contributed by atoms with Crippen LogP contribution in [0.15, 0.2) is 176 Å². The quantitative estimate of drug-likeness (QED) is 0.176. The molecule has 0 bridgehead atoms. The molecule has 0 aliphatic heterocycles. The van der Waals surface area contributed by atoms with E-state index in [4.69, 9.17) is 0 Å². The van der Waals surface area contributed by atoms with Gasteiger partial charge in [-0.3, -0.25) is 0 Å². The van der Waals surface area contributed by atoms with E-state index in [9.17, 15) is 0 Å². The lowest BCUT2D eigenvalue weighted by Gasteiger charge is -2.32. The Hall–Kier alpha value is -5.96. The molecule has 2 heteroatoms. The van der Waals surface area contributed by atoms with Gasteiger partial charge in [-0.15, -0.1) is 11.3 Å². The summed E-state index contributed by atoms with van der Waals surface area (Å²) in [5.74, 6) is 0. The summed E-state index contributed by atoms with van der Waals surface area (Å²) in [7, 11) is 0. The van der Waals surface area contributed by atoms with Crippen LogP contribution >= 0.6 is 11.3 Å². The van der Waals surface area contributed by atoms with Crippen LogP contribution in [0.3, 0.4) is 0 Å². The number of thiophene rings is 1. The topological polar surface area (TPSA) is 3.24 Å². The Morgan fingerprint density at radius 3 is 1.86 bits per heavy atom. The fourth-order valence-electron chi connectivity index (χ4n) is 8.49. The average molecular weight is 670 g/mol. The third-order valence-corrected chi connectivity index (χ3v) is 12.1. The first-order valence-electron chi connectivity index (χ1n) is 17.7. The fraction of sp³-hybridized carbons (Fsp3) is 0.0612. The Morgan fingerprint density at radius 1 is 0.451 bits per heavy atom. The van der Waals surface area contributed by atoms with Crippen molar-refractivity contribution in [2.75, 3.05) is 4.90 Å². The first kappa shape index (κ1) is 29.9. The van der Waals surface area contributed by atoms with Crippen LogP contribution in [-0.4, -0.2) is 0 Å². The maximum absolute atomic E-state index is 2.53. The Balaban J connectivity index is 1.28. The molecule has 9 aromatic rings. The first-order valence-corrected chi connectivity index (χ1v) is 18.5. The molecule has 0 N–H and O–H groups in total. The highest BCUT2D eigenvalue weighted by Gasteiger charge is 2.39. The molecule has 0 atom stereocenters. The standard InChI is InChI=1S/C49H35NS/c1-49(2)42-24-12-11-21-38(42)39-22-13-25-43(46(39)49)50(36-29-27-33(28-30-36)32-15-5-3-6-16-32)44-26-14-23-40-45-37-20-10-9-19-35(37)31-41(48(45)51-47(40)44)34-17-7-4-8-18-34/h3-31H,1-2H3. The minimum Gasteiger partial charge on any atom is -0.309 e. The predicted octanol–water partition coefficient (Wildman–Crippen LogP) is 14.3. The van der Waals surface area contributed by atoms with Crippen molar-refractivity contribution in [1.82, 2.24) is 0 Å². The smallest absolute Gasteiger partial charge is 0.0640 e. The van der Waals surface area contributed by atoms with Crippen LogP contribution in [0.5, 0.6) is 0 Å². The van der Waals surface area contributed by atoms with E-state index >= 15 is 0 Å². The van der Waals surface area contributed by atoms with Crippen molar-refractivity contribution in [3.8, 4) is 33.4 Å². The molecule has 10 rings (SSSR count). The Labute approximate surface area is 302 Å². The van der Waals surface area contributed by atoms with E-state index in [0.717, 1.165) is 5.69 Å². The fourth-order valence-corrected chi connectivity index (χ4v) is 9.84. The molecule has 0 unspecified atom stereocenters. The highest BCUT2D eigenvalue weighted by molar-refractivity contribution is 7.27. The van der Waals surface area contributed by atoms with Crippen LogP contribution in [-0.2, 0) is 5.41 Å². The number of fused-ring (bicyclic) bond motifs is 8. The average Bonchev–Trinajstić information content (AvgIpc) is 3.70. The minimum atomic E-state index is -0.171. The van der Waals surface area contributed by atoms with Crippen LogP contribution in [0.4, 0.5) is 17.1 Å². The van der Waals surface area contributed by atoms with Crippen molar-refractivity contribution in [2.24, 2.45) is 0 Å². The zero-order valence-electron chi connectivity index (χ0n) is 28.6. The highest BCUT2D eigenvalue weighted by atomic mass is 32.1. The van der Waals surface area contributed by atoms with Crippen LogP contribution in [0.25, 0.3) is 64.3 Å². The Kier molecular flexibility index (Phi) is 6.78. The molecule has 0 radical (unpaired) electrons. The second kappa shape index (κ2) is 11.6. The van der Waals surface area contributed by atoms with Gasteiger partial charge in [0.15, 0.2) is 0 Å². The monoisotopic (exact) mass is 669 g/mol. The largest absolute Gasteiger partial charge is 0.309 e. The molecule has 0 amide bonds. The number of hydrogen-bond donors (Lipinski definition) is 0. The molecule has 1 aliphatic carbocycles. The van der Waals surface area contributed by atoms with Crippen LogP contribution in [0, 0.1) is 0 Å². The summed E-state index contributed by atoms with van der Waals surface area (Å²) in [5.41, 5.74) is 13.8. The van der Waals surface area contributed by atoms with Gasteiger partial charge in [-0.25, -0.2) is 0 Å². The van der Waals surface area contributed by atoms with Crippen molar-refractivity contribution in [2.45, 2.75) is 19.3 Å². The van der Waals surface area contributed by atoms with Gasteiger partial charge >= 0.3 is 0 Å². The second-order valence-electron chi connectivity index (χ2n) is 14.1. The zero-order chi connectivity index (χ0) is 34.1. The highest BCUT2D eigenvalue weighted by Crippen LogP contribution is 2.56. The molecule has 1 aliphatic rings. The van der Waals surface area contributed by atoms with E-state index in [1.165, 1.54) is 86.8 Å². The molecule has 1 heterocycles. The molecule has 1 aromatic heterocycles. The van der Waals surface area contributed by atoms with Gasteiger partial charge in [-0.05, 0) is 80.0 Å². The molecule has 0 saturated heterocycles. The third-order valence-electron chi connectivity index (χ3n) is 10.8. The van der Waals surface area contributed by atoms with E-state index in [0.29, 0.717) is 0 Å². The van der Waals surface area contributed by atoms with E-state index < -0.39 is 0 Å². The van der Waals surface area contributed by atoms with Crippen molar-refractivity contribution < 1.29 is 0 Å². The molecule has 51 heavy (non-hydrogen) atoms. The van der Waals surface area contributed by atoms with Gasteiger partial charge in [0.25, 0.3) is 0 Å². The summed E-state index contributed by atoms with van der Waals surface area (Å²) in [5, 5.41) is 5.19. The van der Waals surface area contributed by atoms with Gasteiger partial charge in [0, 0.05) is 32.1 Å². The normalized spacial score (nSPS) is 13.1. The Bertz CT molecular complexity index is 2760. The molecular weight excluding hydrogens is 635 g/mol. The van der Waals surface area contributed by atoms with E-state index in [2.05, 4.69) is 195 Å². The van der Waals surface area contributed by atoms with E-state index in [-0.39, 0.29) is 5.41 Å². The summed E-state index contributed by atoms with van der Waals surface area (Å²) in [4.78, 5) is 2.53. The number of anilines is 3. The third kappa shape index (κ3) is 4.60. The molecular formula is C49H35NS. The summed E-state index contributed by atoms with van der Waals surface area (Å²) >= 11 is 1.92. The lowest BCUT2D eigenvalue weighted by atomic mass is 9.81. The molecule has 0 spiro atoms. The van der Waals surface area contributed by atoms with Gasteiger partial charge in [0.05, 0.1) is 16.1 Å². The van der Waals surface area contributed by atoms with E-state index in [1.807, 2.05) is 11.3 Å². The SMILES string of the molecule is CC1(C)c2ccccc2-c2cccc(N(c3ccc(-c4ccccc4)cc3)c3cccc4c3sc3c(-c5ccccc5)cc5ccccc5c34)c21. The summed E-state index contributed by atoms with van der Waals surface area (Å²) in [6.07, 6.45) is 0. The van der Waals surface area contributed by atoms with Crippen molar-refractivity contribution in [3.63, 3.8) is 0 Å². The summed E-state index contributed by atoms with van der Waals surface area (Å²) in [6.45, 7) is 4.77. The maximum Gasteiger partial charge on any atom is 0.0640 e. The molecule has 242 valence electrons. The van der Waals surface area contributed by atoms with Crippen LogP contribution < -0.4 is 4.90 Å². The minimum absolute atomic E-state index is 0.171. The first-order chi connectivity index (χ1) is 25.1. The molecule has 0 fully saturated rings. The second-order valence-corrected chi connectivity index (χ2v) is 15.1. The number of nitrogens with zero attached hydrogens (tertiary/aromatic N) is 1. The molecule has 0 saturated carbocycles.